The average molecular weight is 297 g/mol. The number of amides is 1. The Kier molecular flexibility index (Phi) is 4.75. The lowest BCUT2D eigenvalue weighted by molar-refractivity contribution is -0.115. The third-order valence-corrected chi connectivity index (χ3v) is 4.98. The van der Waals surface area contributed by atoms with E-state index in [1.807, 2.05) is 0 Å². The molecule has 1 aromatic rings. The van der Waals surface area contributed by atoms with Crippen molar-refractivity contribution in [2.24, 2.45) is 5.41 Å². The van der Waals surface area contributed by atoms with E-state index < -0.39 is 0 Å². The predicted octanol–water partition coefficient (Wildman–Crippen LogP) is 2.56. The van der Waals surface area contributed by atoms with Crippen LogP contribution in [0, 0.1) is 12.3 Å². The standard InChI is InChI=1S/C14H23N3O2S/c1-5-6-7-19-11-8-10(14(11,3)4)15-13(18)12-9(2)16-17-20-12/h10-11H,5-8H2,1-4H3,(H,15,18)/t10-,11+/m1/s1. The van der Waals surface area contributed by atoms with E-state index in [-0.39, 0.29) is 23.5 Å². The van der Waals surface area contributed by atoms with Crippen LogP contribution in [0.4, 0.5) is 0 Å². The van der Waals surface area contributed by atoms with Crippen LogP contribution in [0.1, 0.15) is 55.4 Å². The van der Waals surface area contributed by atoms with Crippen molar-refractivity contribution in [3.05, 3.63) is 10.6 Å². The first-order valence-corrected chi connectivity index (χ1v) is 7.95. The molecule has 0 spiro atoms. The second kappa shape index (κ2) is 6.18. The maximum Gasteiger partial charge on any atom is 0.265 e. The van der Waals surface area contributed by atoms with Gasteiger partial charge in [-0.3, -0.25) is 4.79 Å². The third kappa shape index (κ3) is 3.01. The zero-order valence-corrected chi connectivity index (χ0v) is 13.4. The normalized spacial score (nSPS) is 24.2. The van der Waals surface area contributed by atoms with Gasteiger partial charge >= 0.3 is 0 Å². The Hall–Kier alpha value is -1.01. The summed E-state index contributed by atoms with van der Waals surface area (Å²) in [6.45, 7) is 9.07. The zero-order chi connectivity index (χ0) is 14.8. The number of ether oxygens (including phenoxy) is 1. The van der Waals surface area contributed by atoms with E-state index >= 15 is 0 Å². The molecule has 5 nitrogen and oxygen atoms in total. The van der Waals surface area contributed by atoms with Crippen LogP contribution in [0.15, 0.2) is 0 Å². The Labute approximate surface area is 124 Å². The van der Waals surface area contributed by atoms with Crippen molar-refractivity contribution >= 4 is 17.4 Å². The van der Waals surface area contributed by atoms with Crippen molar-refractivity contribution < 1.29 is 9.53 Å². The van der Waals surface area contributed by atoms with Gasteiger partial charge in [0.05, 0.1) is 11.8 Å². The Balaban J connectivity index is 1.86. The van der Waals surface area contributed by atoms with Gasteiger partial charge in [-0.2, -0.15) is 0 Å². The van der Waals surface area contributed by atoms with Gasteiger partial charge in [-0.25, -0.2) is 0 Å². The summed E-state index contributed by atoms with van der Waals surface area (Å²) < 4.78 is 9.69. The minimum Gasteiger partial charge on any atom is -0.378 e. The number of carbonyl (C=O) groups excluding carboxylic acids is 1. The number of aryl methyl sites for hydroxylation is 1. The highest BCUT2D eigenvalue weighted by Crippen LogP contribution is 2.43. The zero-order valence-electron chi connectivity index (χ0n) is 12.6. The molecule has 6 heteroatoms. The lowest BCUT2D eigenvalue weighted by Crippen LogP contribution is -2.62. The van der Waals surface area contributed by atoms with Gasteiger partial charge < -0.3 is 10.1 Å². The summed E-state index contributed by atoms with van der Waals surface area (Å²) in [4.78, 5) is 12.8. The number of hydrogen-bond acceptors (Lipinski definition) is 5. The molecule has 1 amide bonds. The summed E-state index contributed by atoms with van der Waals surface area (Å²) in [6.07, 6.45) is 3.36. The van der Waals surface area contributed by atoms with Crippen LogP contribution in [0.25, 0.3) is 0 Å². The second-order valence-electron chi connectivity index (χ2n) is 5.98. The van der Waals surface area contributed by atoms with Crippen LogP contribution < -0.4 is 5.32 Å². The topological polar surface area (TPSA) is 64.1 Å². The Morgan fingerprint density at radius 2 is 2.30 bits per heavy atom. The maximum atomic E-state index is 12.2. The largest absolute Gasteiger partial charge is 0.378 e. The summed E-state index contributed by atoms with van der Waals surface area (Å²) in [5.74, 6) is -0.0671. The molecule has 1 heterocycles. The van der Waals surface area contributed by atoms with Crippen LogP contribution in [0.3, 0.4) is 0 Å². The molecule has 0 saturated heterocycles. The molecule has 1 N–H and O–H groups in total. The maximum absolute atomic E-state index is 12.2. The number of hydrogen-bond donors (Lipinski definition) is 1. The summed E-state index contributed by atoms with van der Waals surface area (Å²) in [5.41, 5.74) is 0.676. The van der Waals surface area contributed by atoms with Crippen LogP contribution >= 0.6 is 11.5 Å². The van der Waals surface area contributed by atoms with Gasteiger partial charge in [0.1, 0.15) is 4.88 Å². The third-order valence-electron chi connectivity index (χ3n) is 4.16. The van der Waals surface area contributed by atoms with Crippen molar-refractivity contribution in [3.63, 3.8) is 0 Å². The number of nitrogens with zero attached hydrogens (tertiary/aromatic N) is 2. The fraction of sp³-hybridized carbons (Fsp3) is 0.786. The highest BCUT2D eigenvalue weighted by atomic mass is 32.1. The highest BCUT2D eigenvalue weighted by molar-refractivity contribution is 7.08. The minimum atomic E-state index is -0.0671. The highest BCUT2D eigenvalue weighted by Gasteiger charge is 2.49. The molecule has 0 aromatic carbocycles. The first-order valence-electron chi connectivity index (χ1n) is 7.18. The van der Waals surface area contributed by atoms with E-state index in [9.17, 15) is 4.79 Å². The lowest BCUT2D eigenvalue weighted by Gasteiger charge is -2.51. The van der Waals surface area contributed by atoms with Crippen LogP contribution in [-0.4, -0.2) is 34.2 Å². The summed E-state index contributed by atoms with van der Waals surface area (Å²) in [6, 6.07) is 0.156. The predicted molar refractivity (Wildman–Crippen MR) is 78.9 cm³/mol. The molecular weight excluding hydrogens is 274 g/mol. The molecule has 20 heavy (non-hydrogen) atoms. The molecular formula is C14H23N3O2S. The number of unbranched alkanes of at least 4 members (excludes halogenated alkanes) is 1. The van der Waals surface area contributed by atoms with E-state index in [1.165, 1.54) is 0 Å². The number of nitrogens with one attached hydrogen (secondary N) is 1. The molecule has 1 aromatic heterocycles. The molecule has 1 aliphatic carbocycles. The van der Waals surface area contributed by atoms with Crippen LogP contribution in [-0.2, 0) is 4.74 Å². The summed E-state index contributed by atoms with van der Waals surface area (Å²) in [5, 5.41) is 6.95. The van der Waals surface area contributed by atoms with Gasteiger partial charge in [0.2, 0.25) is 0 Å². The first kappa shape index (κ1) is 15.4. The van der Waals surface area contributed by atoms with E-state index in [1.54, 1.807) is 6.92 Å². The van der Waals surface area contributed by atoms with Gasteiger partial charge in [0.25, 0.3) is 5.91 Å². The second-order valence-corrected chi connectivity index (χ2v) is 6.74. The molecule has 1 saturated carbocycles. The van der Waals surface area contributed by atoms with Gasteiger partial charge in [-0.1, -0.05) is 31.7 Å². The molecule has 0 aliphatic heterocycles. The fourth-order valence-electron chi connectivity index (χ4n) is 2.45. The first-order chi connectivity index (χ1) is 9.46. The van der Waals surface area contributed by atoms with E-state index in [0.29, 0.717) is 10.6 Å². The Morgan fingerprint density at radius 3 is 2.85 bits per heavy atom. The van der Waals surface area contributed by atoms with Crippen molar-refractivity contribution in [2.75, 3.05) is 6.61 Å². The average Bonchev–Trinajstić information content (AvgIpc) is 2.83. The summed E-state index contributed by atoms with van der Waals surface area (Å²) in [7, 11) is 0. The molecule has 2 rings (SSSR count). The Morgan fingerprint density at radius 1 is 1.55 bits per heavy atom. The minimum absolute atomic E-state index is 0.0184. The quantitative estimate of drug-likeness (QED) is 0.820. The molecule has 0 unspecified atom stereocenters. The molecule has 1 fully saturated rings. The smallest absolute Gasteiger partial charge is 0.265 e. The van der Waals surface area contributed by atoms with E-state index in [0.717, 1.165) is 37.4 Å². The van der Waals surface area contributed by atoms with Crippen molar-refractivity contribution in [1.29, 1.82) is 0 Å². The number of aromatic nitrogens is 2. The molecule has 2 atom stereocenters. The SMILES string of the molecule is CCCCO[C@H]1C[C@@H](NC(=O)c2snnc2C)C1(C)C. The van der Waals surface area contributed by atoms with E-state index in [2.05, 4.69) is 35.7 Å². The number of rotatable bonds is 6. The molecule has 0 bridgehead atoms. The van der Waals surface area contributed by atoms with Gasteiger partial charge in [-0.15, -0.1) is 5.10 Å². The lowest BCUT2D eigenvalue weighted by atomic mass is 9.64. The molecule has 112 valence electrons. The van der Waals surface area contributed by atoms with E-state index in [4.69, 9.17) is 4.74 Å². The fourth-order valence-corrected chi connectivity index (χ4v) is 3.01. The number of carbonyl (C=O) groups is 1. The Bertz CT molecular complexity index is 473. The van der Waals surface area contributed by atoms with Gasteiger partial charge in [0, 0.05) is 18.1 Å². The molecule has 1 aliphatic rings. The van der Waals surface area contributed by atoms with Crippen molar-refractivity contribution in [1.82, 2.24) is 14.9 Å². The molecule has 0 radical (unpaired) electrons. The monoisotopic (exact) mass is 297 g/mol. The van der Waals surface area contributed by atoms with Gasteiger partial charge in [0.15, 0.2) is 0 Å². The van der Waals surface area contributed by atoms with Crippen molar-refractivity contribution in [2.45, 2.75) is 59.1 Å². The van der Waals surface area contributed by atoms with Crippen molar-refractivity contribution in [3.8, 4) is 0 Å². The summed E-state index contributed by atoms with van der Waals surface area (Å²) >= 11 is 1.15. The van der Waals surface area contributed by atoms with Crippen LogP contribution in [0.5, 0.6) is 0 Å². The van der Waals surface area contributed by atoms with Crippen LogP contribution in [0.2, 0.25) is 0 Å². The van der Waals surface area contributed by atoms with Gasteiger partial charge in [-0.05, 0) is 31.3 Å².